The number of hydrogen-bond acceptors (Lipinski definition) is 2. The summed E-state index contributed by atoms with van der Waals surface area (Å²) in [4.78, 5) is 1.39. The maximum absolute atomic E-state index is 11.6. The van der Waals surface area contributed by atoms with Crippen molar-refractivity contribution in [2.75, 3.05) is 27.2 Å². The maximum Gasteiger partial charge on any atom is 0.119 e. The number of aliphatic hydroxyl groups is 1. The quantitative estimate of drug-likeness (QED) is 0.634. The van der Waals surface area contributed by atoms with Gasteiger partial charge < -0.3 is 14.7 Å². The second-order valence-corrected chi connectivity index (χ2v) is 8.05. The molecule has 0 aromatic heterocycles. The summed E-state index contributed by atoms with van der Waals surface area (Å²) in [6.45, 7) is 3.97. The Morgan fingerprint density at radius 1 is 1.08 bits per heavy atom. The Morgan fingerprint density at radius 2 is 1.76 bits per heavy atom. The molecule has 2 N–H and O–H groups in total. The molecule has 2 rings (SSSR count). The average molecular weight is 349 g/mol. The van der Waals surface area contributed by atoms with Crippen LogP contribution in [0.25, 0.3) is 0 Å². The van der Waals surface area contributed by atoms with Gasteiger partial charge in [0.25, 0.3) is 0 Å². The Bertz CT molecular complexity index is 479. The predicted molar refractivity (Wildman–Crippen MR) is 104 cm³/mol. The minimum atomic E-state index is -0.696. The van der Waals surface area contributed by atoms with Crippen LogP contribution in [-0.2, 0) is 5.60 Å². The van der Waals surface area contributed by atoms with E-state index in [0.717, 1.165) is 50.1 Å². The van der Waals surface area contributed by atoms with E-state index in [1.807, 2.05) is 12.1 Å². The molecule has 0 spiro atoms. The van der Waals surface area contributed by atoms with Crippen LogP contribution in [0.3, 0.4) is 0 Å². The number of quaternary nitrogens is 1. The highest BCUT2D eigenvalue weighted by Gasteiger charge is 2.39. The van der Waals surface area contributed by atoms with Crippen molar-refractivity contribution in [3.05, 3.63) is 29.8 Å². The van der Waals surface area contributed by atoms with E-state index in [2.05, 4.69) is 33.2 Å². The molecule has 0 saturated heterocycles. The van der Waals surface area contributed by atoms with Crippen LogP contribution in [0.15, 0.2) is 24.3 Å². The fourth-order valence-electron chi connectivity index (χ4n) is 3.99. The zero-order chi connectivity index (χ0) is 18.1. The molecule has 0 amide bonds. The standard InChI is InChI=1S/C22H37NO2/c1-4-5-9-18-25-21-14-12-20(13-15-21)22(24,16-17-23(2)3)19-10-7-6-8-11-19/h12-15,19,24H,4-11,16-18H2,1-3H3/p+1. The first-order chi connectivity index (χ1) is 12.1. The van der Waals surface area contributed by atoms with Gasteiger partial charge in [0.15, 0.2) is 0 Å². The third-order valence-electron chi connectivity index (χ3n) is 5.66. The lowest BCUT2D eigenvalue weighted by Crippen LogP contribution is -3.05. The molecule has 1 atom stereocenters. The van der Waals surface area contributed by atoms with Gasteiger partial charge in [-0.15, -0.1) is 0 Å². The van der Waals surface area contributed by atoms with Crippen LogP contribution in [0.2, 0.25) is 0 Å². The van der Waals surface area contributed by atoms with Crippen LogP contribution in [0.4, 0.5) is 0 Å². The van der Waals surface area contributed by atoms with Crippen LogP contribution in [0.1, 0.15) is 70.3 Å². The van der Waals surface area contributed by atoms with Gasteiger partial charge in [0.2, 0.25) is 0 Å². The molecule has 0 heterocycles. The van der Waals surface area contributed by atoms with Crippen LogP contribution in [0.5, 0.6) is 5.75 Å². The lowest BCUT2D eigenvalue weighted by atomic mass is 9.71. The zero-order valence-corrected chi connectivity index (χ0v) is 16.5. The average Bonchev–Trinajstić information content (AvgIpc) is 2.64. The summed E-state index contributed by atoms with van der Waals surface area (Å²) in [6.07, 6.45) is 10.5. The van der Waals surface area contributed by atoms with Crippen molar-refractivity contribution in [1.29, 1.82) is 0 Å². The summed E-state index contributed by atoms with van der Waals surface area (Å²) in [5.74, 6) is 1.31. The Kier molecular flexibility index (Phi) is 8.25. The largest absolute Gasteiger partial charge is 0.494 e. The lowest BCUT2D eigenvalue weighted by Gasteiger charge is -2.39. The van der Waals surface area contributed by atoms with Crippen LogP contribution in [-0.4, -0.2) is 32.4 Å². The van der Waals surface area contributed by atoms with Crippen molar-refractivity contribution in [3.63, 3.8) is 0 Å². The maximum atomic E-state index is 11.6. The molecule has 1 aromatic rings. The van der Waals surface area contributed by atoms with E-state index in [4.69, 9.17) is 4.74 Å². The van der Waals surface area contributed by atoms with E-state index < -0.39 is 5.60 Å². The van der Waals surface area contributed by atoms with Crippen LogP contribution in [0, 0.1) is 5.92 Å². The number of ether oxygens (including phenoxy) is 1. The molecule has 3 heteroatoms. The third kappa shape index (κ3) is 6.00. The molecule has 0 aliphatic heterocycles. The van der Waals surface area contributed by atoms with E-state index in [1.54, 1.807) is 0 Å². The van der Waals surface area contributed by atoms with E-state index in [-0.39, 0.29) is 0 Å². The normalized spacial score (nSPS) is 18.3. The fourth-order valence-corrected chi connectivity index (χ4v) is 3.99. The number of nitrogens with one attached hydrogen (secondary N) is 1. The van der Waals surface area contributed by atoms with Gasteiger partial charge in [-0.2, -0.15) is 0 Å². The molecule has 3 nitrogen and oxygen atoms in total. The van der Waals surface area contributed by atoms with Crippen molar-refractivity contribution < 1.29 is 14.7 Å². The van der Waals surface area contributed by atoms with Gasteiger partial charge in [-0.3, -0.25) is 0 Å². The minimum absolute atomic E-state index is 0.386. The highest BCUT2D eigenvalue weighted by Crippen LogP contribution is 2.41. The molecule has 0 radical (unpaired) electrons. The number of unbranched alkanes of at least 4 members (excludes halogenated alkanes) is 2. The first-order valence-electron chi connectivity index (χ1n) is 10.3. The Hall–Kier alpha value is -1.06. The molecular weight excluding hydrogens is 310 g/mol. The van der Waals surface area contributed by atoms with Gasteiger partial charge in [-0.05, 0) is 42.9 Å². The monoisotopic (exact) mass is 348 g/mol. The van der Waals surface area contributed by atoms with Crippen molar-refractivity contribution in [2.45, 2.75) is 70.3 Å². The highest BCUT2D eigenvalue weighted by atomic mass is 16.5. The Balaban J connectivity index is 2.07. The smallest absolute Gasteiger partial charge is 0.119 e. The first kappa shape index (κ1) is 20.3. The lowest BCUT2D eigenvalue weighted by molar-refractivity contribution is -0.859. The molecule has 0 bridgehead atoms. The molecular formula is C22H38NO2+. The van der Waals surface area contributed by atoms with Crippen molar-refractivity contribution in [1.82, 2.24) is 0 Å². The van der Waals surface area contributed by atoms with Crippen LogP contribution < -0.4 is 9.64 Å². The second kappa shape index (κ2) is 10.2. The molecule has 1 saturated carbocycles. The molecule has 1 aliphatic carbocycles. The van der Waals surface area contributed by atoms with E-state index in [1.165, 1.54) is 37.0 Å². The van der Waals surface area contributed by atoms with Crippen molar-refractivity contribution >= 4 is 0 Å². The van der Waals surface area contributed by atoms with Gasteiger partial charge in [-0.1, -0.05) is 51.2 Å². The number of rotatable bonds is 10. The predicted octanol–water partition coefficient (Wildman–Crippen LogP) is 3.56. The van der Waals surface area contributed by atoms with Gasteiger partial charge in [-0.25, -0.2) is 0 Å². The van der Waals surface area contributed by atoms with Crippen LogP contribution >= 0.6 is 0 Å². The van der Waals surface area contributed by atoms with Gasteiger partial charge in [0.05, 0.1) is 32.8 Å². The Labute approximate surface area is 154 Å². The summed E-state index contributed by atoms with van der Waals surface area (Å²) in [5.41, 5.74) is 0.375. The molecule has 1 aliphatic rings. The first-order valence-corrected chi connectivity index (χ1v) is 10.3. The SMILES string of the molecule is CCCCCOc1ccc(C(O)(CC[NH+](C)C)C2CCCCC2)cc1. The van der Waals surface area contributed by atoms with Gasteiger partial charge >= 0.3 is 0 Å². The summed E-state index contributed by atoms with van der Waals surface area (Å²) in [5, 5.41) is 11.6. The zero-order valence-electron chi connectivity index (χ0n) is 16.5. The summed E-state index contributed by atoms with van der Waals surface area (Å²) >= 11 is 0. The summed E-state index contributed by atoms with van der Waals surface area (Å²) in [7, 11) is 4.32. The molecule has 1 unspecified atom stereocenters. The third-order valence-corrected chi connectivity index (χ3v) is 5.66. The molecule has 142 valence electrons. The summed E-state index contributed by atoms with van der Waals surface area (Å²) < 4.78 is 5.83. The molecule has 1 aromatic carbocycles. The van der Waals surface area contributed by atoms with E-state index in [9.17, 15) is 5.11 Å². The van der Waals surface area contributed by atoms with Gasteiger partial charge in [0, 0.05) is 6.42 Å². The highest BCUT2D eigenvalue weighted by molar-refractivity contribution is 5.31. The van der Waals surface area contributed by atoms with Crippen molar-refractivity contribution in [3.8, 4) is 5.75 Å². The fraction of sp³-hybridized carbons (Fsp3) is 0.727. The van der Waals surface area contributed by atoms with E-state index in [0.29, 0.717) is 5.92 Å². The van der Waals surface area contributed by atoms with E-state index >= 15 is 0 Å². The summed E-state index contributed by atoms with van der Waals surface area (Å²) in [6, 6.07) is 8.26. The number of hydrogen-bond donors (Lipinski definition) is 2. The Morgan fingerprint density at radius 3 is 2.36 bits per heavy atom. The molecule has 1 fully saturated rings. The second-order valence-electron chi connectivity index (χ2n) is 8.05. The van der Waals surface area contributed by atoms with Crippen molar-refractivity contribution in [2.24, 2.45) is 5.92 Å². The number of benzene rings is 1. The molecule has 25 heavy (non-hydrogen) atoms. The minimum Gasteiger partial charge on any atom is -0.494 e. The van der Waals surface area contributed by atoms with Gasteiger partial charge in [0.1, 0.15) is 5.75 Å². The topological polar surface area (TPSA) is 33.9 Å².